The van der Waals surface area contributed by atoms with E-state index < -0.39 is 10.0 Å². The van der Waals surface area contributed by atoms with E-state index in [0.717, 1.165) is 4.31 Å². The highest BCUT2D eigenvalue weighted by molar-refractivity contribution is 7.93. The van der Waals surface area contributed by atoms with E-state index >= 15 is 0 Å². The molecule has 6 nitrogen and oxygen atoms in total. The molecule has 0 atom stereocenters. The van der Waals surface area contributed by atoms with Crippen LogP contribution in [0.3, 0.4) is 0 Å². The van der Waals surface area contributed by atoms with Crippen molar-refractivity contribution in [3.05, 3.63) is 53.3 Å². The van der Waals surface area contributed by atoms with E-state index in [9.17, 15) is 8.42 Å². The summed E-state index contributed by atoms with van der Waals surface area (Å²) in [5.74, 6) is 0. The first-order valence-electron chi connectivity index (χ1n) is 6.56. The number of nitrogens with zero attached hydrogens (tertiary/aromatic N) is 3. The lowest BCUT2D eigenvalue weighted by Crippen LogP contribution is -2.26. The highest BCUT2D eigenvalue weighted by Crippen LogP contribution is 2.31. The minimum Gasteiger partial charge on any atom is -0.345 e. The highest BCUT2D eigenvalue weighted by atomic mass is 35.5. The lowest BCUT2D eigenvalue weighted by Gasteiger charge is -2.19. The molecular formula is C15H11ClN4O2S. The Morgan fingerprint density at radius 3 is 2.87 bits per heavy atom. The first kappa shape index (κ1) is 15.3. The summed E-state index contributed by atoms with van der Waals surface area (Å²) in [6.45, 7) is 0. The van der Waals surface area contributed by atoms with Gasteiger partial charge in [0.1, 0.15) is 10.5 Å². The number of hydrogen-bond acceptors (Lipinski definition) is 4. The number of hydrogen-bond donors (Lipinski definition) is 1. The van der Waals surface area contributed by atoms with Crippen LogP contribution in [-0.4, -0.2) is 25.4 Å². The van der Waals surface area contributed by atoms with Gasteiger partial charge in [0.25, 0.3) is 10.0 Å². The van der Waals surface area contributed by atoms with Crippen molar-refractivity contribution in [2.75, 3.05) is 11.4 Å². The molecule has 0 aliphatic carbocycles. The van der Waals surface area contributed by atoms with Crippen molar-refractivity contribution in [3.8, 4) is 6.07 Å². The topological polar surface area (TPSA) is 89.9 Å². The van der Waals surface area contributed by atoms with Crippen LogP contribution in [0, 0.1) is 11.3 Å². The van der Waals surface area contributed by atoms with Crippen LogP contribution in [-0.2, 0) is 10.0 Å². The van der Waals surface area contributed by atoms with Crippen LogP contribution in [0.5, 0.6) is 0 Å². The third kappa shape index (κ3) is 2.52. The summed E-state index contributed by atoms with van der Waals surface area (Å²) in [6, 6.07) is 9.88. The van der Waals surface area contributed by atoms with Gasteiger partial charge < -0.3 is 4.98 Å². The summed E-state index contributed by atoms with van der Waals surface area (Å²) >= 11 is 6.12. The SMILES string of the molecule is CN(c1cccc(C#N)c1)S(=O)(=O)c1c[nH]c2nccc(Cl)c12. The van der Waals surface area contributed by atoms with Gasteiger partial charge in [-0.3, -0.25) is 4.31 Å². The van der Waals surface area contributed by atoms with E-state index in [-0.39, 0.29) is 4.90 Å². The Kier molecular flexibility index (Phi) is 3.72. The van der Waals surface area contributed by atoms with Gasteiger partial charge in [-0.1, -0.05) is 17.7 Å². The summed E-state index contributed by atoms with van der Waals surface area (Å²) < 4.78 is 26.9. The molecule has 0 saturated heterocycles. The Bertz CT molecular complexity index is 1040. The number of pyridine rings is 1. The van der Waals surface area contributed by atoms with Crippen molar-refractivity contribution in [2.24, 2.45) is 0 Å². The van der Waals surface area contributed by atoms with Crippen molar-refractivity contribution < 1.29 is 8.42 Å². The van der Waals surface area contributed by atoms with Crippen molar-refractivity contribution in [1.82, 2.24) is 9.97 Å². The van der Waals surface area contributed by atoms with Gasteiger partial charge in [0.2, 0.25) is 0 Å². The van der Waals surface area contributed by atoms with Gasteiger partial charge in [-0.25, -0.2) is 13.4 Å². The minimum atomic E-state index is -3.85. The van der Waals surface area contributed by atoms with Crippen molar-refractivity contribution >= 4 is 38.3 Å². The largest absolute Gasteiger partial charge is 0.345 e. The molecule has 116 valence electrons. The standard InChI is InChI=1S/C15H11ClN4O2S/c1-20(11-4-2-3-10(7-11)8-17)23(21,22)13-9-19-15-14(13)12(16)5-6-18-15/h2-7,9H,1H3,(H,18,19). The molecule has 23 heavy (non-hydrogen) atoms. The van der Waals surface area contributed by atoms with Gasteiger partial charge in [0.15, 0.2) is 0 Å². The van der Waals surface area contributed by atoms with E-state index in [4.69, 9.17) is 16.9 Å². The molecule has 0 saturated carbocycles. The third-order valence-corrected chi connectivity index (χ3v) is 5.59. The molecule has 0 aliphatic rings. The van der Waals surface area contributed by atoms with Gasteiger partial charge in [-0.05, 0) is 24.3 Å². The molecule has 0 unspecified atom stereocenters. The Morgan fingerprint density at radius 1 is 1.35 bits per heavy atom. The summed E-state index contributed by atoms with van der Waals surface area (Å²) in [5.41, 5.74) is 1.16. The number of fused-ring (bicyclic) bond motifs is 1. The van der Waals surface area contributed by atoms with Crippen LogP contribution in [0.25, 0.3) is 11.0 Å². The molecule has 3 rings (SSSR count). The van der Waals surface area contributed by atoms with Crippen LogP contribution in [0.4, 0.5) is 5.69 Å². The molecular weight excluding hydrogens is 336 g/mol. The molecule has 0 spiro atoms. The molecule has 0 radical (unpaired) electrons. The first-order chi connectivity index (χ1) is 10.9. The number of rotatable bonds is 3. The summed E-state index contributed by atoms with van der Waals surface area (Å²) in [5, 5.41) is 9.60. The molecule has 2 heterocycles. The van der Waals surface area contributed by atoms with Crippen LogP contribution in [0.1, 0.15) is 5.56 Å². The fraction of sp³-hybridized carbons (Fsp3) is 0.0667. The second-order valence-corrected chi connectivity index (χ2v) is 7.15. The van der Waals surface area contributed by atoms with Crippen molar-refractivity contribution in [1.29, 1.82) is 5.26 Å². The summed E-state index contributed by atoms with van der Waals surface area (Å²) in [4.78, 5) is 6.92. The molecule has 2 aromatic heterocycles. The zero-order valence-electron chi connectivity index (χ0n) is 12.0. The molecule has 0 amide bonds. The molecule has 0 aliphatic heterocycles. The number of anilines is 1. The van der Waals surface area contributed by atoms with Crippen LogP contribution in [0.15, 0.2) is 47.6 Å². The molecule has 0 fully saturated rings. The minimum absolute atomic E-state index is 0.0375. The van der Waals surface area contributed by atoms with E-state index in [1.165, 1.54) is 31.6 Å². The molecule has 8 heteroatoms. The van der Waals surface area contributed by atoms with Gasteiger partial charge >= 0.3 is 0 Å². The average Bonchev–Trinajstić information content (AvgIpc) is 3.00. The number of aromatic amines is 1. The normalized spacial score (nSPS) is 11.3. The number of benzene rings is 1. The average molecular weight is 347 g/mol. The lowest BCUT2D eigenvalue weighted by atomic mass is 10.2. The van der Waals surface area contributed by atoms with Crippen LogP contribution >= 0.6 is 11.6 Å². The molecule has 1 aromatic carbocycles. The fourth-order valence-corrected chi connectivity index (χ4v) is 3.91. The Morgan fingerprint density at radius 2 is 2.13 bits per heavy atom. The third-order valence-electron chi connectivity index (χ3n) is 3.46. The van der Waals surface area contributed by atoms with Crippen molar-refractivity contribution in [3.63, 3.8) is 0 Å². The monoisotopic (exact) mass is 346 g/mol. The first-order valence-corrected chi connectivity index (χ1v) is 8.37. The number of nitrogens with one attached hydrogen (secondary N) is 1. The quantitative estimate of drug-likeness (QED) is 0.789. The molecule has 1 N–H and O–H groups in total. The Hall–Kier alpha value is -2.56. The predicted octanol–water partition coefficient (Wildman–Crippen LogP) is 2.91. The lowest BCUT2D eigenvalue weighted by molar-refractivity contribution is 0.595. The number of aromatic nitrogens is 2. The molecule has 0 bridgehead atoms. The van der Waals surface area contributed by atoms with E-state index in [2.05, 4.69) is 9.97 Å². The maximum atomic E-state index is 12.9. The zero-order chi connectivity index (χ0) is 16.6. The Labute approximate surface area is 138 Å². The van der Waals surface area contributed by atoms with E-state index in [1.54, 1.807) is 18.2 Å². The smallest absolute Gasteiger partial charge is 0.266 e. The second-order valence-electron chi connectivity index (χ2n) is 4.80. The maximum absolute atomic E-state index is 12.9. The Balaban J connectivity index is 2.15. The molecule has 3 aromatic rings. The summed E-state index contributed by atoms with van der Waals surface area (Å²) in [6.07, 6.45) is 2.86. The number of H-pyrrole nitrogens is 1. The van der Waals surface area contributed by atoms with Gasteiger partial charge in [-0.15, -0.1) is 0 Å². The second kappa shape index (κ2) is 5.57. The number of halogens is 1. The van der Waals surface area contributed by atoms with Crippen LogP contribution < -0.4 is 4.31 Å². The van der Waals surface area contributed by atoms with Gasteiger partial charge in [-0.2, -0.15) is 5.26 Å². The van der Waals surface area contributed by atoms with E-state index in [0.29, 0.717) is 27.3 Å². The van der Waals surface area contributed by atoms with Gasteiger partial charge in [0, 0.05) is 19.4 Å². The van der Waals surface area contributed by atoms with Crippen LogP contribution in [0.2, 0.25) is 5.02 Å². The predicted molar refractivity (Wildman–Crippen MR) is 87.8 cm³/mol. The number of nitriles is 1. The zero-order valence-corrected chi connectivity index (χ0v) is 13.6. The highest BCUT2D eigenvalue weighted by Gasteiger charge is 2.26. The summed E-state index contributed by atoms with van der Waals surface area (Å²) in [7, 11) is -2.43. The van der Waals surface area contributed by atoms with E-state index in [1.807, 2.05) is 6.07 Å². The fourth-order valence-electron chi connectivity index (χ4n) is 2.25. The maximum Gasteiger partial charge on any atom is 0.266 e. The number of sulfonamides is 1. The van der Waals surface area contributed by atoms with Gasteiger partial charge in [0.05, 0.1) is 27.7 Å². The van der Waals surface area contributed by atoms with Crippen molar-refractivity contribution in [2.45, 2.75) is 4.90 Å².